The van der Waals surface area contributed by atoms with Gasteiger partial charge in [0.05, 0.1) is 22.9 Å². The molecule has 1 aliphatic carbocycles. The second-order valence-corrected chi connectivity index (χ2v) is 7.81. The second-order valence-electron chi connectivity index (χ2n) is 7.40. The molecule has 2 aliphatic heterocycles. The first-order valence-electron chi connectivity index (χ1n) is 9.19. The van der Waals surface area contributed by atoms with Gasteiger partial charge in [-0.2, -0.15) is 0 Å². The Labute approximate surface area is 161 Å². The third-order valence-corrected chi connectivity index (χ3v) is 6.04. The van der Waals surface area contributed by atoms with E-state index >= 15 is 0 Å². The molecule has 2 fully saturated rings. The van der Waals surface area contributed by atoms with Gasteiger partial charge in [-0.25, -0.2) is 4.39 Å². The zero-order valence-electron chi connectivity index (χ0n) is 14.7. The summed E-state index contributed by atoms with van der Waals surface area (Å²) in [5.74, 6) is -1.20. The number of fused-ring (bicyclic) bond motifs is 1. The number of likely N-dealkylation sites (tertiary alicyclic amines) is 2. The number of amides is 3. The van der Waals surface area contributed by atoms with E-state index in [0.717, 1.165) is 0 Å². The highest BCUT2D eigenvalue weighted by Crippen LogP contribution is 2.37. The molecule has 1 aromatic rings. The summed E-state index contributed by atoms with van der Waals surface area (Å²) in [6, 6.07) is 4.31. The maximum atomic E-state index is 13.5. The van der Waals surface area contributed by atoms with Crippen LogP contribution >= 0.6 is 11.6 Å². The molecule has 0 saturated carbocycles. The summed E-state index contributed by atoms with van der Waals surface area (Å²) in [4.78, 5) is 40.5. The third-order valence-electron chi connectivity index (χ3n) is 5.73. The normalized spacial score (nSPS) is 25.0. The minimum absolute atomic E-state index is 0.0558. The Morgan fingerprint density at radius 2 is 1.74 bits per heavy atom. The van der Waals surface area contributed by atoms with Gasteiger partial charge in [0.15, 0.2) is 0 Å². The van der Waals surface area contributed by atoms with E-state index in [9.17, 15) is 18.8 Å². The molecular weight excluding hydrogens is 371 g/mol. The molecule has 2 atom stereocenters. The number of benzene rings is 1. The molecule has 0 bridgehead atoms. The third kappa shape index (κ3) is 3.27. The van der Waals surface area contributed by atoms with Crippen molar-refractivity contribution in [3.8, 4) is 0 Å². The predicted molar refractivity (Wildman–Crippen MR) is 97.3 cm³/mol. The van der Waals surface area contributed by atoms with Crippen LogP contribution in [0.3, 0.4) is 0 Å². The van der Waals surface area contributed by atoms with Crippen molar-refractivity contribution in [3.63, 3.8) is 0 Å². The van der Waals surface area contributed by atoms with E-state index in [1.807, 2.05) is 12.2 Å². The summed E-state index contributed by atoms with van der Waals surface area (Å²) in [6.45, 7) is 0.774. The molecule has 142 valence electrons. The number of allylic oxidation sites excluding steroid dienone is 2. The number of nitrogens with zero attached hydrogens (tertiary/aromatic N) is 2. The van der Waals surface area contributed by atoms with Crippen LogP contribution in [0.2, 0.25) is 5.02 Å². The van der Waals surface area contributed by atoms with E-state index in [4.69, 9.17) is 11.6 Å². The first-order chi connectivity index (χ1) is 13.0. The molecule has 2 heterocycles. The van der Waals surface area contributed by atoms with Crippen molar-refractivity contribution < 1.29 is 18.8 Å². The SMILES string of the molecule is O=C(CCc1ccc(Cl)c(F)c1)N1CC(N2C(=O)C3CC=CCC3C2=O)C1. The van der Waals surface area contributed by atoms with Crippen LogP contribution in [0.5, 0.6) is 0 Å². The Kier molecular flexibility index (Phi) is 4.76. The van der Waals surface area contributed by atoms with Gasteiger partial charge in [0.2, 0.25) is 17.7 Å². The van der Waals surface area contributed by atoms with Crippen molar-refractivity contribution in [2.45, 2.75) is 31.7 Å². The smallest absolute Gasteiger partial charge is 0.233 e. The topological polar surface area (TPSA) is 57.7 Å². The van der Waals surface area contributed by atoms with E-state index in [1.54, 1.807) is 11.0 Å². The second kappa shape index (κ2) is 7.08. The van der Waals surface area contributed by atoms with Crippen LogP contribution in [-0.4, -0.2) is 46.7 Å². The Morgan fingerprint density at radius 3 is 2.33 bits per heavy atom. The highest BCUT2D eigenvalue weighted by molar-refractivity contribution is 6.30. The van der Waals surface area contributed by atoms with Gasteiger partial charge in [-0.15, -0.1) is 0 Å². The lowest BCUT2D eigenvalue weighted by atomic mass is 9.85. The van der Waals surface area contributed by atoms with E-state index < -0.39 is 5.82 Å². The van der Waals surface area contributed by atoms with Gasteiger partial charge in [-0.3, -0.25) is 19.3 Å². The molecule has 3 aliphatic rings. The van der Waals surface area contributed by atoms with Crippen LogP contribution in [0, 0.1) is 17.7 Å². The lowest BCUT2D eigenvalue weighted by Crippen LogP contribution is -2.62. The largest absolute Gasteiger partial charge is 0.338 e. The molecule has 27 heavy (non-hydrogen) atoms. The summed E-state index contributed by atoms with van der Waals surface area (Å²) >= 11 is 5.66. The number of imide groups is 1. The zero-order valence-corrected chi connectivity index (χ0v) is 15.5. The first-order valence-corrected chi connectivity index (χ1v) is 9.57. The number of halogens is 2. The van der Waals surface area contributed by atoms with Crippen molar-refractivity contribution in [2.24, 2.45) is 11.8 Å². The molecule has 0 N–H and O–H groups in total. The summed E-state index contributed by atoms with van der Waals surface area (Å²) in [5, 5.41) is 0.0615. The maximum absolute atomic E-state index is 13.5. The first kappa shape index (κ1) is 18.2. The Morgan fingerprint density at radius 1 is 1.11 bits per heavy atom. The Hall–Kier alpha value is -2.21. The van der Waals surface area contributed by atoms with Crippen molar-refractivity contribution in [1.82, 2.24) is 9.80 Å². The van der Waals surface area contributed by atoms with Crippen LogP contribution in [0.25, 0.3) is 0 Å². The predicted octanol–water partition coefficient (Wildman–Crippen LogP) is 2.57. The highest BCUT2D eigenvalue weighted by Gasteiger charge is 2.52. The van der Waals surface area contributed by atoms with E-state index in [1.165, 1.54) is 17.0 Å². The summed E-state index contributed by atoms with van der Waals surface area (Å²) < 4.78 is 13.5. The van der Waals surface area contributed by atoms with Crippen LogP contribution in [-0.2, 0) is 20.8 Å². The van der Waals surface area contributed by atoms with Gasteiger partial charge >= 0.3 is 0 Å². The number of carbonyl (C=O) groups excluding carboxylic acids is 3. The van der Waals surface area contributed by atoms with E-state index in [-0.39, 0.29) is 47.0 Å². The fraction of sp³-hybridized carbons (Fsp3) is 0.450. The molecule has 4 rings (SSSR count). The molecule has 3 amide bonds. The lowest BCUT2D eigenvalue weighted by molar-refractivity contribution is -0.152. The van der Waals surface area contributed by atoms with Crippen molar-refractivity contribution >= 4 is 29.3 Å². The van der Waals surface area contributed by atoms with Gasteiger partial charge in [-0.05, 0) is 37.0 Å². The molecule has 5 nitrogen and oxygen atoms in total. The number of aryl methyl sites for hydroxylation is 1. The summed E-state index contributed by atoms with van der Waals surface area (Å²) in [7, 11) is 0. The molecule has 1 aromatic carbocycles. The van der Waals surface area contributed by atoms with Crippen LogP contribution < -0.4 is 0 Å². The van der Waals surface area contributed by atoms with Gasteiger partial charge < -0.3 is 4.90 Å². The van der Waals surface area contributed by atoms with E-state index in [0.29, 0.717) is 37.9 Å². The average molecular weight is 391 g/mol. The highest BCUT2D eigenvalue weighted by atomic mass is 35.5. The molecule has 2 saturated heterocycles. The van der Waals surface area contributed by atoms with E-state index in [2.05, 4.69) is 0 Å². The molecule has 0 aromatic heterocycles. The van der Waals surface area contributed by atoms with Gasteiger partial charge in [0, 0.05) is 19.5 Å². The van der Waals surface area contributed by atoms with Gasteiger partial charge in [0.25, 0.3) is 0 Å². The average Bonchev–Trinajstić information content (AvgIpc) is 2.87. The van der Waals surface area contributed by atoms with Crippen LogP contribution in [0.4, 0.5) is 4.39 Å². The molecule has 7 heteroatoms. The molecule has 0 radical (unpaired) electrons. The fourth-order valence-corrected chi connectivity index (χ4v) is 4.23. The number of hydrogen-bond donors (Lipinski definition) is 0. The molecule has 2 unspecified atom stereocenters. The monoisotopic (exact) mass is 390 g/mol. The maximum Gasteiger partial charge on any atom is 0.233 e. The summed E-state index contributed by atoms with van der Waals surface area (Å²) in [6.07, 6.45) is 5.85. The van der Waals surface area contributed by atoms with Crippen LogP contribution in [0.15, 0.2) is 30.4 Å². The minimum atomic E-state index is -0.493. The number of rotatable bonds is 4. The standard InChI is InChI=1S/C20H20ClFN2O3/c21-16-7-5-12(9-17(16)22)6-8-18(25)23-10-13(11-23)24-19(26)14-3-1-2-4-15(14)20(24)27/h1-2,5,7,9,13-15H,3-4,6,8,10-11H2. The Balaban J connectivity index is 1.30. The van der Waals surface area contributed by atoms with Gasteiger partial charge in [0.1, 0.15) is 5.82 Å². The Bertz CT molecular complexity index is 809. The minimum Gasteiger partial charge on any atom is -0.338 e. The fourth-order valence-electron chi connectivity index (χ4n) is 4.11. The van der Waals surface area contributed by atoms with Crippen molar-refractivity contribution in [1.29, 1.82) is 0 Å². The molecular formula is C20H20ClFN2O3. The number of carbonyl (C=O) groups is 3. The quantitative estimate of drug-likeness (QED) is 0.586. The summed E-state index contributed by atoms with van der Waals surface area (Å²) in [5.41, 5.74) is 0.712. The van der Waals surface area contributed by atoms with Gasteiger partial charge in [-0.1, -0.05) is 29.8 Å². The van der Waals surface area contributed by atoms with Crippen LogP contribution in [0.1, 0.15) is 24.8 Å². The lowest BCUT2D eigenvalue weighted by Gasteiger charge is -2.43. The molecule has 0 spiro atoms. The van der Waals surface area contributed by atoms with Crippen molar-refractivity contribution in [3.05, 3.63) is 46.8 Å². The van der Waals surface area contributed by atoms with Crippen molar-refractivity contribution in [2.75, 3.05) is 13.1 Å². The zero-order chi connectivity index (χ0) is 19.1. The number of hydrogen-bond acceptors (Lipinski definition) is 3.